The summed E-state index contributed by atoms with van der Waals surface area (Å²) in [5, 5.41) is 9.12. The van der Waals surface area contributed by atoms with Crippen molar-refractivity contribution < 1.29 is 9.59 Å². The van der Waals surface area contributed by atoms with Crippen LogP contribution in [0.15, 0.2) is 0 Å². The van der Waals surface area contributed by atoms with E-state index in [1.165, 1.54) is 26.3 Å². The van der Waals surface area contributed by atoms with Gasteiger partial charge in [0, 0.05) is 7.05 Å². The molecule has 0 radical (unpaired) electrons. The molecule has 2 saturated carbocycles. The fourth-order valence-corrected chi connectivity index (χ4v) is 4.55. The Labute approximate surface area is 139 Å². The van der Waals surface area contributed by atoms with Gasteiger partial charge in [0.2, 0.25) is 11.8 Å². The van der Waals surface area contributed by atoms with Gasteiger partial charge in [0.25, 0.3) is 0 Å². The number of carbonyl (C=O) groups excluding carboxylic acids is 2. The van der Waals surface area contributed by atoms with Crippen LogP contribution in [0.1, 0.15) is 70.6 Å². The summed E-state index contributed by atoms with van der Waals surface area (Å²) in [6.45, 7) is 0. The van der Waals surface area contributed by atoms with Crippen LogP contribution in [-0.4, -0.2) is 23.8 Å². The molecule has 2 aliphatic carbocycles. The second-order valence-electron chi connectivity index (χ2n) is 7.37. The number of amides is 2. The Morgan fingerprint density at radius 1 is 1.17 bits per heavy atom. The molecule has 128 valence electrons. The van der Waals surface area contributed by atoms with E-state index in [-0.39, 0.29) is 11.8 Å². The summed E-state index contributed by atoms with van der Waals surface area (Å²) in [5.74, 6) is -0.535. The van der Waals surface area contributed by atoms with E-state index in [4.69, 9.17) is 11.0 Å². The summed E-state index contributed by atoms with van der Waals surface area (Å²) in [7, 11) is 1.49. The number of nitriles is 1. The molecular weight excluding hydrogens is 290 g/mol. The van der Waals surface area contributed by atoms with Crippen LogP contribution < -0.4 is 5.73 Å². The summed E-state index contributed by atoms with van der Waals surface area (Å²) >= 11 is 0. The maximum Gasteiger partial charge on any atom is 0.239 e. The predicted octanol–water partition coefficient (Wildman–Crippen LogP) is 2.95. The molecule has 0 saturated heterocycles. The summed E-state index contributed by atoms with van der Waals surface area (Å²) in [6, 6.07) is 0. The molecule has 2 aliphatic rings. The van der Waals surface area contributed by atoms with Gasteiger partial charge in [-0.2, -0.15) is 5.26 Å². The molecule has 2 fully saturated rings. The molecule has 5 heteroatoms. The lowest BCUT2D eigenvalue weighted by Gasteiger charge is -2.42. The third-order valence-electron chi connectivity index (χ3n) is 5.98. The largest absolute Gasteiger partial charge is 0.369 e. The van der Waals surface area contributed by atoms with Gasteiger partial charge in [-0.25, -0.2) is 0 Å². The zero-order valence-corrected chi connectivity index (χ0v) is 14.2. The van der Waals surface area contributed by atoms with Gasteiger partial charge in [-0.1, -0.05) is 51.4 Å². The molecule has 0 spiro atoms. The average molecular weight is 319 g/mol. The molecule has 0 aliphatic heterocycles. The number of hydrogen-bond donors (Lipinski definition) is 1. The smallest absolute Gasteiger partial charge is 0.239 e. The number of hydrogen-bond acceptors (Lipinski definition) is 3. The van der Waals surface area contributed by atoms with E-state index < -0.39 is 11.3 Å². The van der Waals surface area contributed by atoms with E-state index >= 15 is 0 Å². The third-order valence-corrected chi connectivity index (χ3v) is 5.98. The number of rotatable bonds is 5. The fourth-order valence-electron chi connectivity index (χ4n) is 4.55. The summed E-state index contributed by atoms with van der Waals surface area (Å²) < 4.78 is 0. The molecule has 0 unspecified atom stereocenters. The van der Waals surface area contributed by atoms with Gasteiger partial charge in [0.15, 0.2) is 6.19 Å². The Morgan fingerprint density at radius 2 is 1.74 bits per heavy atom. The summed E-state index contributed by atoms with van der Waals surface area (Å²) in [5.41, 5.74) is 5.04. The zero-order valence-electron chi connectivity index (χ0n) is 14.2. The molecule has 0 aromatic rings. The van der Waals surface area contributed by atoms with Crippen molar-refractivity contribution in [3.05, 3.63) is 0 Å². The van der Waals surface area contributed by atoms with E-state index in [1.54, 1.807) is 0 Å². The van der Waals surface area contributed by atoms with Crippen molar-refractivity contribution in [1.82, 2.24) is 4.90 Å². The molecule has 5 nitrogen and oxygen atoms in total. The molecule has 2 amide bonds. The van der Waals surface area contributed by atoms with E-state index in [0.717, 1.165) is 37.0 Å². The Balaban J connectivity index is 2.28. The van der Waals surface area contributed by atoms with Crippen molar-refractivity contribution in [1.29, 1.82) is 5.26 Å². The molecule has 0 aromatic heterocycles. The van der Waals surface area contributed by atoms with Gasteiger partial charge in [0.1, 0.15) is 0 Å². The molecule has 2 N–H and O–H groups in total. The predicted molar refractivity (Wildman–Crippen MR) is 87.8 cm³/mol. The first-order valence-electron chi connectivity index (χ1n) is 8.98. The van der Waals surface area contributed by atoms with Crippen LogP contribution >= 0.6 is 0 Å². The van der Waals surface area contributed by atoms with Gasteiger partial charge in [-0.15, -0.1) is 0 Å². The zero-order chi connectivity index (χ0) is 16.9. The highest BCUT2D eigenvalue weighted by atomic mass is 16.2. The number of primary amides is 1. The van der Waals surface area contributed by atoms with Crippen molar-refractivity contribution in [3.8, 4) is 6.19 Å². The van der Waals surface area contributed by atoms with Crippen LogP contribution in [0.3, 0.4) is 0 Å². The highest BCUT2D eigenvalue weighted by Gasteiger charge is 2.49. The van der Waals surface area contributed by atoms with Crippen molar-refractivity contribution in [2.75, 3.05) is 7.05 Å². The lowest BCUT2D eigenvalue weighted by Crippen LogP contribution is -2.51. The van der Waals surface area contributed by atoms with Crippen LogP contribution in [-0.2, 0) is 9.59 Å². The summed E-state index contributed by atoms with van der Waals surface area (Å²) in [6.07, 6.45) is 12.8. The first kappa shape index (κ1) is 17.8. The van der Waals surface area contributed by atoms with Gasteiger partial charge >= 0.3 is 0 Å². The van der Waals surface area contributed by atoms with E-state index in [9.17, 15) is 9.59 Å². The Kier molecular flexibility index (Phi) is 6.04. The first-order chi connectivity index (χ1) is 11.0. The Hall–Kier alpha value is -1.57. The quantitative estimate of drug-likeness (QED) is 0.624. The second kappa shape index (κ2) is 7.81. The third kappa shape index (κ3) is 3.85. The highest BCUT2D eigenvalue weighted by Crippen LogP contribution is 2.47. The molecule has 23 heavy (non-hydrogen) atoms. The van der Waals surface area contributed by atoms with Crippen molar-refractivity contribution in [2.45, 2.75) is 70.6 Å². The molecule has 0 heterocycles. The minimum atomic E-state index is -0.752. The van der Waals surface area contributed by atoms with Gasteiger partial charge in [-0.3, -0.25) is 14.5 Å². The van der Waals surface area contributed by atoms with E-state index in [2.05, 4.69) is 0 Å². The summed E-state index contributed by atoms with van der Waals surface area (Å²) in [4.78, 5) is 26.3. The normalized spacial score (nSPS) is 22.8. The van der Waals surface area contributed by atoms with E-state index in [1.807, 2.05) is 6.19 Å². The van der Waals surface area contributed by atoms with Gasteiger partial charge in [0.05, 0.1) is 11.3 Å². The van der Waals surface area contributed by atoms with Crippen LogP contribution in [0.25, 0.3) is 0 Å². The fraction of sp³-hybridized carbons (Fsp3) is 0.833. The molecule has 0 bridgehead atoms. The van der Waals surface area contributed by atoms with Gasteiger partial charge < -0.3 is 5.73 Å². The Bertz CT molecular complexity index is 471. The van der Waals surface area contributed by atoms with Crippen molar-refractivity contribution in [2.24, 2.45) is 23.0 Å². The van der Waals surface area contributed by atoms with Crippen LogP contribution in [0.5, 0.6) is 0 Å². The second-order valence-corrected chi connectivity index (χ2v) is 7.37. The minimum Gasteiger partial charge on any atom is -0.369 e. The van der Waals surface area contributed by atoms with Crippen LogP contribution in [0.2, 0.25) is 0 Å². The average Bonchev–Trinajstić information content (AvgIpc) is 2.59. The monoisotopic (exact) mass is 319 g/mol. The number of carbonyl (C=O) groups is 2. The standard InChI is InChI=1S/C18H29N3O2/c1-21(13-19)16(22)15(12-14-8-4-2-5-9-14)18(17(20)23)10-6-3-7-11-18/h14-15H,2-12H2,1H3,(H2,20,23)/t15-/m1/s1. The molecule has 1 atom stereocenters. The van der Waals surface area contributed by atoms with E-state index in [0.29, 0.717) is 25.2 Å². The van der Waals surface area contributed by atoms with Crippen LogP contribution in [0, 0.1) is 28.7 Å². The number of nitrogens with two attached hydrogens (primary N) is 1. The number of nitrogens with zero attached hydrogens (tertiary/aromatic N) is 2. The maximum atomic E-state index is 12.9. The molecule has 0 aromatic carbocycles. The van der Waals surface area contributed by atoms with Crippen LogP contribution in [0.4, 0.5) is 0 Å². The SMILES string of the molecule is CN(C#N)C(=O)[C@@H](CC1CCCCC1)C1(C(N)=O)CCCCC1. The Morgan fingerprint density at radius 3 is 2.26 bits per heavy atom. The molecular formula is C18H29N3O2. The lowest BCUT2D eigenvalue weighted by atomic mass is 9.62. The first-order valence-corrected chi connectivity index (χ1v) is 8.98. The minimum absolute atomic E-state index is 0.223. The van der Waals surface area contributed by atoms with Gasteiger partial charge in [-0.05, 0) is 25.2 Å². The maximum absolute atomic E-state index is 12.9. The van der Waals surface area contributed by atoms with Crippen molar-refractivity contribution >= 4 is 11.8 Å². The lowest BCUT2D eigenvalue weighted by molar-refractivity contribution is -0.147. The molecule has 2 rings (SSSR count). The highest BCUT2D eigenvalue weighted by molar-refractivity contribution is 5.90. The topological polar surface area (TPSA) is 87.2 Å². The van der Waals surface area contributed by atoms with Crippen molar-refractivity contribution in [3.63, 3.8) is 0 Å².